The second kappa shape index (κ2) is 9.95. The maximum Gasteiger partial charge on any atom is 0.338 e. The average Bonchev–Trinajstić information content (AvgIpc) is 3.01. The van der Waals surface area contributed by atoms with Crippen molar-refractivity contribution in [3.05, 3.63) is 40.8 Å². The van der Waals surface area contributed by atoms with Gasteiger partial charge >= 0.3 is 5.97 Å². The summed E-state index contributed by atoms with van der Waals surface area (Å²) in [5, 5.41) is 6.67. The van der Waals surface area contributed by atoms with E-state index in [1.165, 1.54) is 13.2 Å². The van der Waals surface area contributed by atoms with E-state index in [1.54, 1.807) is 12.1 Å². The van der Waals surface area contributed by atoms with Crippen LogP contribution in [0, 0.1) is 19.8 Å². The minimum absolute atomic E-state index is 0.00423. The van der Waals surface area contributed by atoms with Crippen LogP contribution in [0.1, 0.15) is 48.1 Å². The number of aromatic nitrogens is 1. The number of hydrogen-bond donors (Lipinski definition) is 1. The lowest BCUT2D eigenvalue weighted by atomic mass is 10.1. The standard InChI is InChI=1S/C21H28N2O6/c1-12(2)13(3)22-20(24)11-28-21(25)16-7-8-18(19(9-16)26-6)27-10-17-14(4)23-29-15(17)5/h7-9,12-13H,10-11H2,1-6H3,(H,22,24)/t13-/m1/s1. The number of nitrogens with one attached hydrogen (secondary N) is 1. The van der Waals surface area contributed by atoms with Gasteiger partial charge in [0, 0.05) is 6.04 Å². The van der Waals surface area contributed by atoms with Crippen molar-refractivity contribution >= 4 is 11.9 Å². The molecule has 1 amide bonds. The van der Waals surface area contributed by atoms with Gasteiger partial charge in [-0.25, -0.2) is 4.79 Å². The molecular formula is C21H28N2O6. The smallest absolute Gasteiger partial charge is 0.338 e. The highest BCUT2D eigenvalue weighted by atomic mass is 16.5. The van der Waals surface area contributed by atoms with Gasteiger partial charge in [0.1, 0.15) is 12.4 Å². The first-order valence-corrected chi connectivity index (χ1v) is 9.42. The summed E-state index contributed by atoms with van der Waals surface area (Å²) in [7, 11) is 1.48. The number of amides is 1. The van der Waals surface area contributed by atoms with Gasteiger partial charge in [0.25, 0.3) is 5.91 Å². The molecule has 0 aliphatic carbocycles. The van der Waals surface area contributed by atoms with Crippen LogP contribution in [-0.4, -0.2) is 36.8 Å². The first-order chi connectivity index (χ1) is 13.7. The molecule has 0 aliphatic rings. The third-order valence-corrected chi connectivity index (χ3v) is 4.68. The van der Waals surface area contributed by atoms with Gasteiger partial charge in [-0.15, -0.1) is 0 Å². The zero-order valence-corrected chi connectivity index (χ0v) is 17.7. The summed E-state index contributed by atoms with van der Waals surface area (Å²) in [6, 6.07) is 4.69. The first-order valence-electron chi connectivity index (χ1n) is 9.42. The Morgan fingerprint density at radius 2 is 1.90 bits per heavy atom. The van der Waals surface area contributed by atoms with Crippen LogP contribution < -0.4 is 14.8 Å². The van der Waals surface area contributed by atoms with Crippen molar-refractivity contribution in [2.75, 3.05) is 13.7 Å². The molecule has 8 heteroatoms. The monoisotopic (exact) mass is 404 g/mol. The maximum absolute atomic E-state index is 12.3. The van der Waals surface area contributed by atoms with Gasteiger partial charge in [0.15, 0.2) is 18.1 Å². The Bertz CT molecular complexity index is 839. The molecule has 0 bridgehead atoms. The summed E-state index contributed by atoms with van der Waals surface area (Å²) in [5.74, 6) is 0.860. The molecule has 2 rings (SSSR count). The molecule has 0 saturated heterocycles. The van der Waals surface area contributed by atoms with Crippen LogP contribution in [-0.2, 0) is 16.1 Å². The highest BCUT2D eigenvalue weighted by Gasteiger charge is 2.17. The average molecular weight is 404 g/mol. The zero-order chi connectivity index (χ0) is 21.6. The number of ether oxygens (including phenoxy) is 3. The van der Waals surface area contributed by atoms with Crippen LogP contribution in [0.3, 0.4) is 0 Å². The molecule has 1 atom stereocenters. The lowest BCUT2D eigenvalue weighted by Crippen LogP contribution is -2.38. The van der Waals surface area contributed by atoms with Gasteiger partial charge in [-0.1, -0.05) is 19.0 Å². The Hall–Kier alpha value is -3.03. The van der Waals surface area contributed by atoms with Gasteiger partial charge in [0.2, 0.25) is 0 Å². The fourth-order valence-corrected chi connectivity index (χ4v) is 2.45. The quantitative estimate of drug-likeness (QED) is 0.641. The highest BCUT2D eigenvalue weighted by Crippen LogP contribution is 2.29. The van der Waals surface area contributed by atoms with Crippen molar-refractivity contribution in [2.45, 2.75) is 47.3 Å². The normalized spacial score (nSPS) is 11.8. The second-order valence-electron chi connectivity index (χ2n) is 7.13. The predicted octanol–water partition coefficient (Wildman–Crippen LogP) is 3.20. The van der Waals surface area contributed by atoms with E-state index in [-0.39, 0.29) is 36.6 Å². The van der Waals surface area contributed by atoms with Crippen molar-refractivity contribution in [1.29, 1.82) is 0 Å². The van der Waals surface area contributed by atoms with E-state index in [0.717, 1.165) is 11.3 Å². The van der Waals surface area contributed by atoms with Crippen LogP contribution in [0.15, 0.2) is 22.7 Å². The molecule has 0 unspecified atom stereocenters. The van der Waals surface area contributed by atoms with E-state index < -0.39 is 5.97 Å². The summed E-state index contributed by atoms with van der Waals surface area (Å²) >= 11 is 0. The van der Waals surface area contributed by atoms with Crippen LogP contribution >= 0.6 is 0 Å². The molecule has 29 heavy (non-hydrogen) atoms. The van der Waals surface area contributed by atoms with Crippen molar-refractivity contribution in [3.63, 3.8) is 0 Å². The molecule has 1 heterocycles. The Morgan fingerprint density at radius 1 is 1.17 bits per heavy atom. The molecule has 2 aromatic rings. The van der Waals surface area contributed by atoms with Crippen molar-refractivity contribution in [3.8, 4) is 11.5 Å². The SMILES string of the molecule is COc1cc(C(=O)OCC(=O)N[C@H](C)C(C)C)ccc1OCc1c(C)noc1C. The number of rotatable bonds is 9. The maximum atomic E-state index is 12.3. The molecule has 0 saturated carbocycles. The molecule has 158 valence electrons. The molecule has 8 nitrogen and oxygen atoms in total. The van der Waals surface area contributed by atoms with E-state index in [4.69, 9.17) is 18.7 Å². The molecule has 0 fully saturated rings. The second-order valence-corrected chi connectivity index (χ2v) is 7.13. The Balaban J connectivity index is 1.98. The summed E-state index contributed by atoms with van der Waals surface area (Å²) < 4.78 is 21.3. The van der Waals surface area contributed by atoms with E-state index in [9.17, 15) is 9.59 Å². The van der Waals surface area contributed by atoms with Crippen LogP contribution in [0.4, 0.5) is 0 Å². The zero-order valence-electron chi connectivity index (χ0n) is 17.7. The number of nitrogens with zero attached hydrogens (tertiary/aromatic N) is 1. The largest absolute Gasteiger partial charge is 0.493 e. The van der Waals surface area contributed by atoms with Gasteiger partial charge < -0.3 is 24.1 Å². The fraction of sp³-hybridized carbons (Fsp3) is 0.476. The van der Waals surface area contributed by atoms with Crippen LogP contribution in [0.25, 0.3) is 0 Å². The number of carbonyl (C=O) groups is 2. The van der Waals surface area contributed by atoms with Gasteiger partial charge in [-0.3, -0.25) is 4.79 Å². The summed E-state index contributed by atoms with van der Waals surface area (Å²) in [4.78, 5) is 24.1. The summed E-state index contributed by atoms with van der Waals surface area (Å²) in [6.07, 6.45) is 0. The van der Waals surface area contributed by atoms with Gasteiger partial charge in [-0.05, 0) is 44.9 Å². The lowest BCUT2D eigenvalue weighted by Gasteiger charge is -2.17. The third-order valence-electron chi connectivity index (χ3n) is 4.68. The van der Waals surface area contributed by atoms with Crippen molar-refractivity contribution in [2.24, 2.45) is 5.92 Å². The lowest BCUT2D eigenvalue weighted by molar-refractivity contribution is -0.125. The molecular weight excluding hydrogens is 376 g/mol. The first kappa shape index (κ1) is 22.3. The van der Waals surface area contributed by atoms with E-state index in [2.05, 4.69) is 10.5 Å². The minimum Gasteiger partial charge on any atom is -0.493 e. The van der Waals surface area contributed by atoms with Crippen molar-refractivity contribution in [1.82, 2.24) is 10.5 Å². The number of aryl methyl sites for hydroxylation is 2. The Morgan fingerprint density at radius 3 is 2.48 bits per heavy atom. The molecule has 0 spiro atoms. The van der Waals surface area contributed by atoms with Crippen LogP contribution in [0.2, 0.25) is 0 Å². The Kier molecular flexibility index (Phi) is 7.64. The predicted molar refractivity (Wildman–Crippen MR) is 106 cm³/mol. The van der Waals surface area contributed by atoms with E-state index >= 15 is 0 Å². The fourth-order valence-electron chi connectivity index (χ4n) is 2.45. The molecule has 0 radical (unpaired) electrons. The number of carbonyl (C=O) groups excluding carboxylic acids is 2. The van der Waals surface area contributed by atoms with Gasteiger partial charge in [0.05, 0.1) is 23.9 Å². The minimum atomic E-state index is -0.618. The number of hydrogen-bond acceptors (Lipinski definition) is 7. The summed E-state index contributed by atoms with van der Waals surface area (Å²) in [5.41, 5.74) is 1.88. The highest BCUT2D eigenvalue weighted by molar-refractivity contribution is 5.92. The molecule has 0 aliphatic heterocycles. The molecule has 1 aromatic heterocycles. The number of esters is 1. The Labute approximate surface area is 170 Å². The topological polar surface area (TPSA) is 99.9 Å². The van der Waals surface area contributed by atoms with E-state index in [1.807, 2.05) is 34.6 Å². The molecule has 1 aromatic carbocycles. The molecule has 1 N–H and O–H groups in total. The van der Waals surface area contributed by atoms with E-state index in [0.29, 0.717) is 17.3 Å². The summed E-state index contributed by atoms with van der Waals surface area (Å²) in [6.45, 7) is 9.46. The van der Waals surface area contributed by atoms with Gasteiger partial charge in [-0.2, -0.15) is 0 Å². The number of benzene rings is 1. The van der Waals surface area contributed by atoms with Crippen molar-refractivity contribution < 1.29 is 28.3 Å². The third kappa shape index (κ3) is 5.97. The number of methoxy groups -OCH3 is 1. The van der Waals surface area contributed by atoms with Crippen LogP contribution in [0.5, 0.6) is 11.5 Å².